The van der Waals surface area contributed by atoms with Crippen LogP contribution in [-0.2, 0) is 5.54 Å². The molecule has 0 fully saturated rings. The lowest BCUT2D eigenvalue weighted by Crippen LogP contribution is -2.44. The maximum atomic E-state index is 15.0. The van der Waals surface area contributed by atoms with E-state index in [1.165, 1.54) is 19.4 Å². The van der Waals surface area contributed by atoms with Gasteiger partial charge in [-0.05, 0) is 31.2 Å². The first-order chi connectivity index (χ1) is 15.2. The molecule has 0 saturated carbocycles. The van der Waals surface area contributed by atoms with Crippen molar-refractivity contribution in [3.63, 3.8) is 0 Å². The summed E-state index contributed by atoms with van der Waals surface area (Å²) in [6.45, 7) is 6.04. The Bertz CT molecular complexity index is 1260. The van der Waals surface area contributed by atoms with Crippen molar-refractivity contribution in [2.75, 3.05) is 19.5 Å². The van der Waals surface area contributed by atoms with E-state index >= 15 is 4.39 Å². The third-order valence-corrected chi connectivity index (χ3v) is 9.23. The molecule has 8 nitrogen and oxygen atoms in total. The zero-order chi connectivity index (χ0) is 23.1. The molecule has 1 aromatic carbocycles. The number of ether oxygens (including phenoxy) is 1. The van der Waals surface area contributed by atoms with Crippen molar-refractivity contribution in [3.05, 3.63) is 48.0 Å². The van der Waals surface area contributed by atoms with Crippen LogP contribution in [0.1, 0.15) is 26.3 Å². The van der Waals surface area contributed by atoms with Crippen LogP contribution in [0.2, 0.25) is 11.1 Å². The van der Waals surface area contributed by atoms with Gasteiger partial charge >= 0.3 is 0 Å². The van der Waals surface area contributed by atoms with Gasteiger partial charge in [0.25, 0.3) is 0 Å². The first kappa shape index (κ1) is 21.9. The molecule has 0 spiro atoms. The molecule has 0 aliphatic carbocycles. The number of hydrogen-bond acceptors (Lipinski definition) is 8. The highest BCUT2D eigenvalue weighted by molar-refractivity contribution is 6.57. The molecular weight excluding hydrogens is 425 g/mol. The van der Waals surface area contributed by atoms with Gasteiger partial charge in [-0.15, -0.1) is 0 Å². The normalized spacial score (nSPS) is 21.4. The van der Waals surface area contributed by atoms with E-state index in [4.69, 9.17) is 15.5 Å². The van der Waals surface area contributed by atoms with Crippen LogP contribution in [-0.4, -0.2) is 43.5 Å². The number of amidine groups is 1. The van der Waals surface area contributed by atoms with Crippen molar-refractivity contribution >= 4 is 37.0 Å². The molecule has 2 aromatic heterocycles. The van der Waals surface area contributed by atoms with Crippen molar-refractivity contribution in [2.45, 2.75) is 37.4 Å². The van der Waals surface area contributed by atoms with Crippen molar-refractivity contribution in [3.8, 4) is 5.88 Å². The van der Waals surface area contributed by atoms with Crippen molar-refractivity contribution in [1.82, 2.24) is 15.0 Å². The summed E-state index contributed by atoms with van der Waals surface area (Å²) in [6.07, 6.45) is 3.17. The number of aromatic nitrogens is 3. The van der Waals surface area contributed by atoms with Gasteiger partial charge in [0.2, 0.25) is 5.88 Å². The quantitative estimate of drug-likeness (QED) is 0.576. The summed E-state index contributed by atoms with van der Waals surface area (Å²) in [5, 5.41) is 2.97. The molecule has 10 heteroatoms. The Kier molecular flexibility index (Phi) is 5.49. The van der Waals surface area contributed by atoms with E-state index in [1.54, 1.807) is 24.4 Å². The standard InChI is InChI=1S/C22H26FN7OSi/c1-21(2)20(24)30-22(3,12-32(21)25-4)14-10-13(6-7-15(14)23)28-19-18-16(8-9-26-19)29-17(31-5)11-27-18/h6-11H,12H2,1-5H3,(H2,24,30)(H,26,28)/t22-/m0/s1. The van der Waals surface area contributed by atoms with Gasteiger partial charge in [-0.2, -0.15) is 0 Å². The van der Waals surface area contributed by atoms with E-state index in [2.05, 4.69) is 38.8 Å². The van der Waals surface area contributed by atoms with Gasteiger partial charge in [-0.1, -0.05) is 13.8 Å². The molecule has 0 bridgehead atoms. The number of aliphatic imine (C=N–C) groups is 1. The molecule has 166 valence electrons. The second-order valence-corrected chi connectivity index (χ2v) is 11.4. The molecule has 3 aromatic rings. The summed E-state index contributed by atoms with van der Waals surface area (Å²) in [7, 11) is 2.10. The van der Waals surface area contributed by atoms with Gasteiger partial charge in [0.1, 0.15) is 25.8 Å². The zero-order valence-corrected chi connectivity index (χ0v) is 19.8. The van der Waals surface area contributed by atoms with Gasteiger partial charge in [-0.3, -0.25) is 4.99 Å². The Labute approximate surface area is 187 Å². The monoisotopic (exact) mass is 451 g/mol. The third kappa shape index (κ3) is 3.75. The predicted molar refractivity (Wildman–Crippen MR) is 125 cm³/mol. The maximum Gasteiger partial charge on any atom is 0.232 e. The first-order valence-corrected chi connectivity index (χ1v) is 11.9. The lowest BCUT2D eigenvalue weighted by Gasteiger charge is -2.39. The van der Waals surface area contributed by atoms with Gasteiger partial charge < -0.3 is 20.4 Å². The van der Waals surface area contributed by atoms with E-state index in [9.17, 15) is 0 Å². The molecular formula is C22H26FN7OSi. The topological polar surface area (TPSA) is 111 Å². The van der Waals surface area contributed by atoms with Crippen molar-refractivity contribution in [2.24, 2.45) is 15.4 Å². The molecule has 3 N–H and O–H groups in total. The number of nitrogens with two attached hydrogens (primary N) is 1. The molecule has 4 rings (SSSR count). The Balaban J connectivity index is 1.75. The van der Waals surface area contributed by atoms with E-state index < -0.39 is 14.1 Å². The average molecular weight is 452 g/mol. The number of benzene rings is 1. The Morgan fingerprint density at radius 2 is 2.00 bits per heavy atom. The number of nitrogens with zero attached hydrogens (tertiary/aromatic N) is 5. The second kappa shape index (κ2) is 8.01. The molecule has 1 atom stereocenters. The van der Waals surface area contributed by atoms with Crippen molar-refractivity contribution in [1.29, 1.82) is 0 Å². The van der Waals surface area contributed by atoms with Crippen LogP contribution in [0.25, 0.3) is 11.0 Å². The van der Waals surface area contributed by atoms with E-state index in [0.29, 0.717) is 45.9 Å². The van der Waals surface area contributed by atoms with Crippen LogP contribution in [0.4, 0.5) is 15.9 Å². The number of hydrogen-bond donors (Lipinski definition) is 2. The Morgan fingerprint density at radius 1 is 1.22 bits per heavy atom. The van der Waals surface area contributed by atoms with Gasteiger partial charge in [0, 0.05) is 35.6 Å². The van der Waals surface area contributed by atoms with Crippen molar-refractivity contribution < 1.29 is 9.13 Å². The summed E-state index contributed by atoms with van der Waals surface area (Å²) < 4.78 is 24.8. The minimum atomic E-state index is -1.25. The lowest BCUT2D eigenvalue weighted by molar-refractivity contribution is 0.397. The Hall–Kier alpha value is -3.27. The number of halogens is 1. The molecule has 0 saturated heterocycles. The number of methoxy groups -OCH3 is 1. The van der Waals surface area contributed by atoms with Crippen LogP contribution in [0.15, 0.2) is 46.3 Å². The van der Waals surface area contributed by atoms with E-state index in [-0.39, 0.29) is 10.9 Å². The summed E-state index contributed by atoms with van der Waals surface area (Å²) in [5.74, 6) is 1.12. The largest absolute Gasteiger partial charge is 0.480 e. The molecule has 0 unspecified atom stereocenters. The lowest BCUT2D eigenvalue weighted by atomic mass is 9.92. The number of rotatable bonds is 4. The summed E-state index contributed by atoms with van der Waals surface area (Å²) in [4.78, 5) is 17.9. The number of nitrogens with one attached hydrogen (secondary N) is 1. The molecule has 32 heavy (non-hydrogen) atoms. The van der Waals surface area contributed by atoms with Gasteiger partial charge in [-0.25, -0.2) is 19.3 Å². The average Bonchev–Trinajstić information content (AvgIpc) is 2.77. The summed E-state index contributed by atoms with van der Waals surface area (Å²) in [6, 6.07) is 7.27. The first-order valence-electron chi connectivity index (χ1n) is 10.2. The molecule has 3 heterocycles. The fraction of sp³-hybridized carbons (Fsp3) is 0.364. The fourth-order valence-electron chi connectivity index (χ4n) is 3.92. The predicted octanol–water partition coefficient (Wildman–Crippen LogP) is 4.17. The highest BCUT2D eigenvalue weighted by atomic mass is 28.2. The van der Waals surface area contributed by atoms with Crippen LogP contribution in [0.5, 0.6) is 5.88 Å². The Morgan fingerprint density at radius 3 is 2.72 bits per heavy atom. The number of anilines is 2. The maximum absolute atomic E-state index is 15.0. The molecule has 1 aliphatic heterocycles. The minimum Gasteiger partial charge on any atom is -0.480 e. The zero-order valence-electron chi connectivity index (χ0n) is 18.8. The van der Waals surface area contributed by atoms with E-state index in [1.807, 2.05) is 14.0 Å². The van der Waals surface area contributed by atoms with Crippen LogP contribution in [0.3, 0.4) is 0 Å². The smallest absolute Gasteiger partial charge is 0.232 e. The SMILES string of the molecule is CN=[Si]1C[C@@](C)(c2cc(Nc3nccc4nc(OC)cnc34)ccc2F)N=C(N)C1(C)C. The van der Waals surface area contributed by atoms with Crippen LogP contribution in [0, 0.1) is 5.82 Å². The van der Waals surface area contributed by atoms with Crippen LogP contribution < -0.4 is 15.8 Å². The summed E-state index contributed by atoms with van der Waals surface area (Å²) >= 11 is 0. The second-order valence-electron chi connectivity index (χ2n) is 8.50. The van der Waals surface area contributed by atoms with Crippen LogP contribution >= 0.6 is 0 Å². The summed E-state index contributed by atoms with van der Waals surface area (Å²) in [5.41, 5.74) is 7.90. The minimum absolute atomic E-state index is 0.280. The molecule has 0 radical (unpaired) electrons. The molecule has 1 aliphatic rings. The highest BCUT2D eigenvalue weighted by Gasteiger charge is 2.43. The highest BCUT2D eigenvalue weighted by Crippen LogP contribution is 2.44. The third-order valence-electron chi connectivity index (χ3n) is 5.97. The number of pyridine rings is 1. The molecule has 0 amide bonds. The van der Waals surface area contributed by atoms with Gasteiger partial charge in [0.05, 0.1) is 24.4 Å². The number of fused-ring (bicyclic) bond motifs is 1. The van der Waals surface area contributed by atoms with Gasteiger partial charge in [0.15, 0.2) is 5.82 Å². The fourth-order valence-corrected chi connectivity index (χ4v) is 6.36. The van der Waals surface area contributed by atoms with E-state index in [0.717, 1.165) is 0 Å².